The molecule has 5 heteroatoms. The zero-order valence-corrected chi connectivity index (χ0v) is 17.0. The van der Waals surface area contributed by atoms with Crippen molar-refractivity contribution in [1.82, 2.24) is 0 Å². The summed E-state index contributed by atoms with van der Waals surface area (Å²) in [6.45, 7) is 0.178. The van der Waals surface area contributed by atoms with Gasteiger partial charge in [-0.15, -0.1) is 0 Å². The van der Waals surface area contributed by atoms with E-state index in [1.807, 2.05) is 66.7 Å². The summed E-state index contributed by atoms with van der Waals surface area (Å²) >= 11 is 0. The number of benzene rings is 4. The number of anilines is 1. The van der Waals surface area contributed by atoms with Crippen molar-refractivity contribution in [3.8, 4) is 17.6 Å². The van der Waals surface area contributed by atoms with Gasteiger partial charge in [-0.25, -0.2) is 0 Å². The summed E-state index contributed by atoms with van der Waals surface area (Å²) in [7, 11) is 1.56. The maximum absolute atomic E-state index is 13.2. The number of fused-ring (bicyclic) bond motifs is 1. The van der Waals surface area contributed by atoms with E-state index in [1.165, 1.54) is 0 Å². The van der Waals surface area contributed by atoms with E-state index in [2.05, 4.69) is 11.4 Å². The van der Waals surface area contributed by atoms with Crippen LogP contribution in [0.15, 0.2) is 84.9 Å². The van der Waals surface area contributed by atoms with Crippen LogP contribution in [0.3, 0.4) is 0 Å². The van der Waals surface area contributed by atoms with Gasteiger partial charge in [0.15, 0.2) is 0 Å². The van der Waals surface area contributed by atoms with Crippen molar-refractivity contribution >= 4 is 22.4 Å². The van der Waals surface area contributed by atoms with Gasteiger partial charge in [0, 0.05) is 5.56 Å². The fourth-order valence-electron chi connectivity index (χ4n) is 3.36. The third-order valence-corrected chi connectivity index (χ3v) is 4.97. The van der Waals surface area contributed by atoms with Crippen molar-refractivity contribution in [2.75, 3.05) is 12.4 Å². The van der Waals surface area contributed by atoms with Gasteiger partial charge in [-0.05, 0) is 41.1 Å². The molecule has 1 N–H and O–H groups in total. The van der Waals surface area contributed by atoms with Crippen molar-refractivity contribution in [3.05, 3.63) is 102 Å². The molecule has 0 spiro atoms. The summed E-state index contributed by atoms with van der Waals surface area (Å²) in [5.74, 6) is 0.708. The number of ether oxygens (including phenoxy) is 2. The number of nitrogens with zero attached hydrogens (tertiary/aromatic N) is 1. The molecule has 0 aromatic heterocycles. The molecule has 0 saturated heterocycles. The summed E-state index contributed by atoms with van der Waals surface area (Å²) in [6.07, 6.45) is 0. The van der Waals surface area contributed by atoms with Gasteiger partial charge in [0.2, 0.25) is 0 Å². The summed E-state index contributed by atoms with van der Waals surface area (Å²) < 4.78 is 11.4. The summed E-state index contributed by atoms with van der Waals surface area (Å²) in [6, 6.07) is 28.1. The number of carbonyl (C=O) groups is 1. The number of nitrogens with one attached hydrogen (secondary N) is 1. The van der Waals surface area contributed by atoms with Crippen molar-refractivity contribution < 1.29 is 14.3 Å². The Balaban J connectivity index is 1.69. The first-order valence-electron chi connectivity index (χ1n) is 9.77. The van der Waals surface area contributed by atoms with Gasteiger partial charge in [-0.2, -0.15) is 5.26 Å². The minimum Gasteiger partial charge on any atom is -0.495 e. The summed E-state index contributed by atoms with van der Waals surface area (Å²) in [5.41, 5.74) is 2.28. The van der Waals surface area contributed by atoms with Crippen LogP contribution >= 0.6 is 0 Å². The number of hydrogen-bond acceptors (Lipinski definition) is 4. The molecule has 0 aliphatic rings. The Kier molecular flexibility index (Phi) is 5.82. The van der Waals surface area contributed by atoms with Crippen LogP contribution in [0.4, 0.5) is 5.69 Å². The van der Waals surface area contributed by atoms with E-state index in [0.29, 0.717) is 28.3 Å². The van der Waals surface area contributed by atoms with Crippen LogP contribution in [0.25, 0.3) is 10.8 Å². The number of para-hydroxylation sites is 2. The first-order chi connectivity index (χ1) is 15.2. The van der Waals surface area contributed by atoms with E-state index in [4.69, 9.17) is 9.47 Å². The molecule has 4 aromatic rings. The van der Waals surface area contributed by atoms with Crippen LogP contribution in [0.2, 0.25) is 0 Å². The van der Waals surface area contributed by atoms with Gasteiger partial charge < -0.3 is 14.8 Å². The standard InChI is InChI=1S/C26H20N2O3/c1-30-24-13-7-6-12-23(24)28-26(29)22-14-18-8-2-3-9-19(18)15-25(22)31-17-21-11-5-4-10-20(21)16-27/h2-15H,17H2,1H3,(H,28,29). The van der Waals surface area contributed by atoms with E-state index in [9.17, 15) is 10.1 Å². The van der Waals surface area contributed by atoms with E-state index < -0.39 is 0 Å². The molecule has 0 bridgehead atoms. The molecular weight excluding hydrogens is 388 g/mol. The number of rotatable bonds is 6. The van der Waals surface area contributed by atoms with Gasteiger partial charge in [0.25, 0.3) is 5.91 Å². The van der Waals surface area contributed by atoms with Crippen LogP contribution in [0.1, 0.15) is 21.5 Å². The second-order valence-electron chi connectivity index (χ2n) is 6.91. The predicted molar refractivity (Wildman–Crippen MR) is 120 cm³/mol. The SMILES string of the molecule is COc1ccccc1NC(=O)c1cc2ccccc2cc1OCc1ccccc1C#N. The fourth-order valence-corrected chi connectivity index (χ4v) is 3.36. The minimum atomic E-state index is -0.307. The third kappa shape index (κ3) is 4.34. The monoisotopic (exact) mass is 408 g/mol. The average Bonchev–Trinajstić information content (AvgIpc) is 2.82. The highest BCUT2D eigenvalue weighted by molar-refractivity contribution is 6.09. The Labute approximate surface area is 180 Å². The van der Waals surface area contributed by atoms with Gasteiger partial charge in [-0.3, -0.25) is 4.79 Å². The van der Waals surface area contributed by atoms with E-state index >= 15 is 0 Å². The van der Waals surface area contributed by atoms with Crippen molar-refractivity contribution in [3.63, 3.8) is 0 Å². The van der Waals surface area contributed by atoms with Crippen molar-refractivity contribution in [2.45, 2.75) is 6.61 Å². The number of amides is 1. The van der Waals surface area contributed by atoms with E-state index in [-0.39, 0.29) is 12.5 Å². The maximum atomic E-state index is 13.2. The van der Waals surface area contributed by atoms with Crippen LogP contribution in [-0.4, -0.2) is 13.0 Å². The van der Waals surface area contributed by atoms with E-state index in [0.717, 1.165) is 16.3 Å². The number of hydrogen-bond donors (Lipinski definition) is 1. The van der Waals surface area contributed by atoms with Crippen LogP contribution in [0.5, 0.6) is 11.5 Å². The Morgan fingerprint density at radius 2 is 1.58 bits per heavy atom. The molecule has 152 valence electrons. The molecule has 0 atom stereocenters. The van der Waals surface area contributed by atoms with Gasteiger partial charge in [0.05, 0.1) is 30.0 Å². The molecule has 0 saturated carbocycles. The van der Waals surface area contributed by atoms with Gasteiger partial charge >= 0.3 is 0 Å². The molecule has 31 heavy (non-hydrogen) atoms. The normalized spacial score (nSPS) is 10.3. The molecular formula is C26H20N2O3. The molecule has 0 fully saturated rings. The average molecular weight is 408 g/mol. The highest BCUT2D eigenvalue weighted by Crippen LogP contribution is 2.30. The molecule has 4 rings (SSSR count). The lowest BCUT2D eigenvalue weighted by molar-refractivity contribution is 0.102. The smallest absolute Gasteiger partial charge is 0.259 e. The fraction of sp³-hybridized carbons (Fsp3) is 0.0769. The molecule has 1 amide bonds. The number of nitriles is 1. The molecule has 0 radical (unpaired) electrons. The zero-order valence-electron chi connectivity index (χ0n) is 17.0. The summed E-state index contributed by atoms with van der Waals surface area (Å²) in [4.78, 5) is 13.2. The first kappa shape index (κ1) is 20.0. The lowest BCUT2D eigenvalue weighted by Gasteiger charge is -2.15. The molecule has 0 unspecified atom stereocenters. The van der Waals surface area contributed by atoms with Crippen molar-refractivity contribution in [2.24, 2.45) is 0 Å². The molecule has 0 heterocycles. The van der Waals surface area contributed by atoms with Crippen LogP contribution < -0.4 is 14.8 Å². The summed E-state index contributed by atoms with van der Waals surface area (Å²) in [5, 5.41) is 14.1. The Bertz CT molecular complexity index is 1290. The minimum absolute atomic E-state index is 0.178. The maximum Gasteiger partial charge on any atom is 0.259 e. The Hall–Kier alpha value is -4.30. The molecule has 4 aromatic carbocycles. The second kappa shape index (κ2) is 9.02. The lowest BCUT2D eigenvalue weighted by atomic mass is 10.0. The lowest BCUT2D eigenvalue weighted by Crippen LogP contribution is -2.14. The van der Waals surface area contributed by atoms with E-state index in [1.54, 1.807) is 25.3 Å². The highest BCUT2D eigenvalue weighted by atomic mass is 16.5. The van der Waals surface area contributed by atoms with Crippen LogP contribution in [-0.2, 0) is 6.61 Å². The third-order valence-electron chi connectivity index (χ3n) is 4.97. The topological polar surface area (TPSA) is 71.3 Å². The zero-order chi connectivity index (χ0) is 21.6. The highest BCUT2D eigenvalue weighted by Gasteiger charge is 2.17. The quantitative estimate of drug-likeness (QED) is 0.454. The Morgan fingerprint density at radius 1 is 0.903 bits per heavy atom. The number of carbonyl (C=O) groups excluding carboxylic acids is 1. The van der Waals surface area contributed by atoms with Gasteiger partial charge in [0.1, 0.15) is 18.1 Å². The number of methoxy groups -OCH3 is 1. The molecule has 0 aliphatic heterocycles. The molecule has 0 aliphatic carbocycles. The van der Waals surface area contributed by atoms with Crippen molar-refractivity contribution in [1.29, 1.82) is 5.26 Å². The predicted octanol–water partition coefficient (Wildman–Crippen LogP) is 5.55. The first-order valence-corrected chi connectivity index (χ1v) is 9.77. The largest absolute Gasteiger partial charge is 0.495 e. The Morgan fingerprint density at radius 3 is 2.35 bits per heavy atom. The molecule has 5 nitrogen and oxygen atoms in total. The van der Waals surface area contributed by atoms with Gasteiger partial charge in [-0.1, -0.05) is 54.6 Å². The van der Waals surface area contributed by atoms with Crippen LogP contribution in [0, 0.1) is 11.3 Å². The second-order valence-corrected chi connectivity index (χ2v) is 6.91.